The Morgan fingerprint density at radius 2 is 1.11 bits per heavy atom. The van der Waals surface area contributed by atoms with Crippen LogP contribution in [0.2, 0.25) is 0 Å². The molecule has 0 saturated carbocycles. The molecule has 8 nitrogen and oxygen atoms in total. The monoisotopic (exact) mass is 380 g/mol. The van der Waals surface area contributed by atoms with E-state index in [9.17, 15) is 29.4 Å². The Kier molecular flexibility index (Phi) is 5.39. The molecule has 0 radical (unpaired) electrons. The van der Waals surface area contributed by atoms with Gasteiger partial charge < -0.3 is 30.4 Å². The summed E-state index contributed by atoms with van der Waals surface area (Å²) in [5.74, 6) is -3.22. The van der Waals surface area contributed by atoms with Gasteiger partial charge in [0, 0.05) is 60.4 Å². The maximum atomic E-state index is 13.1. The average molecular weight is 380 g/mol. The van der Waals surface area contributed by atoms with Crippen molar-refractivity contribution in [2.75, 3.05) is 23.7 Å². The van der Waals surface area contributed by atoms with E-state index in [1.807, 2.05) is 0 Å². The summed E-state index contributed by atoms with van der Waals surface area (Å²) in [6.45, 7) is 0.0463. The highest BCUT2D eigenvalue weighted by Crippen LogP contribution is 2.36. The summed E-state index contributed by atoms with van der Waals surface area (Å²) in [6, 6.07) is 9.52. The van der Waals surface area contributed by atoms with Gasteiger partial charge in [-0.25, -0.2) is 0 Å². The first kappa shape index (κ1) is 19.1. The number of nitrogens with one attached hydrogen (secondary N) is 2. The van der Waals surface area contributed by atoms with E-state index >= 15 is 0 Å². The fourth-order valence-corrected chi connectivity index (χ4v) is 3.12. The van der Waals surface area contributed by atoms with E-state index in [4.69, 9.17) is 0 Å². The second-order valence-corrected chi connectivity index (χ2v) is 6.21. The average Bonchev–Trinajstić information content (AvgIpc) is 2.66. The number of rotatable bonds is 8. The molecular formula is C20H16N2O6-2. The first-order chi connectivity index (χ1) is 13.4. The SMILES string of the molecule is O=C([O-])CCNc1ccc(NCCC(=O)[O-])c2c1C(=O)c1ccccc1C2=O. The third kappa shape index (κ3) is 3.71. The van der Waals surface area contributed by atoms with Gasteiger partial charge >= 0.3 is 0 Å². The molecule has 0 fully saturated rings. The highest BCUT2D eigenvalue weighted by atomic mass is 16.4. The van der Waals surface area contributed by atoms with Crippen LogP contribution in [0.15, 0.2) is 36.4 Å². The Labute approximate surface area is 160 Å². The van der Waals surface area contributed by atoms with Crippen LogP contribution >= 0.6 is 0 Å². The predicted octanol–water partition coefficient (Wildman–Crippen LogP) is -0.434. The van der Waals surface area contributed by atoms with Crippen molar-refractivity contribution in [1.82, 2.24) is 0 Å². The number of carbonyl (C=O) groups is 4. The van der Waals surface area contributed by atoms with E-state index in [1.54, 1.807) is 36.4 Å². The minimum Gasteiger partial charge on any atom is -0.550 e. The normalized spacial score (nSPS) is 12.1. The molecule has 0 heterocycles. The zero-order valence-corrected chi connectivity index (χ0v) is 14.7. The number of anilines is 2. The van der Waals surface area contributed by atoms with E-state index in [0.717, 1.165) is 0 Å². The Hall–Kier alpha value is -3.68. The number of hydrogen-bond donors (Lipinski definition) is 2. The fourth-order valence-electron chi connectivity index (χ4n) is 3.12. The van der Waals surface area contributed by atoms with Gasteiger partial charge in [-0.15, -0.1) is 0 Å². The van der Waals surface area contributed by atoms with Gasteiger partial charge in [-0.3, -0.25) is 9.59 Å². The van der Waals surface area contributed by atoms with Crippen molar-refractivity contribution in [3.8, 4) is 0 Å². The van der Waals surface area contributed by atoms with Crippen molar-refractivity contribution >= 4 is 34.9 Å². The Morgan fingerprint density at radius 3 is 1.46 bits per heavy atom. The molecule has 0 unspecified atom stereocenters. The minimum atomic E-state index is -1.24. The highest BCUT2D eigenvalue weighted by Gasteiger charge is 2.33. The minimum absolute atomic E-state index is 0.0232. The zero-order valence-electron chi connectivity index (χ0n) is 14.7. The lowest BCUT2D eigenvalue weighted by molar-refractivity contribution is -0.306. The third-order valence-corrected chi connectivity index (χ3v) is 4.36. The van der Waals surface area contributed by atoms with E-state index in [-0.39, 0.29) is 59.8 Å². The molecule has 28 heavy (non-hydrogen) atoms. The largest absolute Gasteiger partial charge is 0.550 e. The summed E-state index contributed by atoms with van der Waals surface area (Å²) in [5, 5.41) is 27.0. The molecule has 2 N–H and O–H groups in total. The molecule has 0 bridgehead atoms. The Bertz CT molecular complexity index is 905. The van der Waals surface area contributed by atoms with Gasteiger partial charge in [0.25, 0.3) is 0 Å². The van der Waals surface area contributed by atoms with Crippen molar-refractivity contribution in [2.24, 2.45) is 0 Å². The molecule has 0 amide bonds. The molecule has 0 aromatic heterocycles. The number of hydrogen-bond acceptors (Lipinski definition) is 8. The van der Waals surface area contributed by atoms with E-state index < -0.39 is 11.9 Å². The lowest BCUT2D eigenvalue weighted by atomic mass is 9.82. The van der Waals surface area contributed by atoms with Gasteiger partial charge in [0.2, 0.25) is 0 Å². The van der Waals surface area contributed by atoms with Crippen molar-refractivity contribution in [3.63, 3.8) is 0 Å². The lowest BCUT2D eigenvalue weighted by Gasteiger charge is -2.24. The molecular weight excluding hydrogens is 364 g/mol. The van der Waals surface area contributed by atoms with E-state index in [0.29, 0.717) is 11.4 Å². The topological polar surface area (TPSA) is 138 Å². The Balaban J connectivity index is 2.04. The fraction of sp³-hybridized carbons (Fsp3) is 0.200. The number of carbonyl (C=O) groups excluding carboxylic acids is 4. The van der Waals surface area contributed by atoms with Crippen LogP contribution < -0.4 is 20.8 Å². The smallest absolute Gasteiger partial charge is 0.196 e. The zero-order chi connectivity index (χ0) is 20.3. The molecule has 3 rings (SSSR count). The van der Waals surface area contributed by atoms with Gasteiger partial charge in [-0.1, -0.05) is 24.3 Å². The van der Waals surface area contributed by atoms with Crippen LogP contribution in [0.1, 0.15) is 44.7 Å². The van der Waals surface area contributed by atoms with Crippen LogP contribution in [0, 0.1) is 0 Å². The van der Waals surface area contributed by atoms with E-state index in [2.05, 4.69) is 10.6 Å². The van der Waals surface area contributed by atoms with Gasteiger partial charge in [0.15, 0.2) is 11.6 Å². The van der Waals surface area contributed by atoms with Crippen LogP contribution in [0.4, 0.5) is 11.4 Å². The standard InChI is InChI=1S/C20H18N2O6/c23-15(24)7-9-21-13-5-6-14(22-10-8-16(25)26)18-17(13)19(27)11-3-1-2-4-12(11)20(18)28/h1-6,21-22H,7-10H2,(H,23,24)(H,25,26)/p-2. The third-order valence-electron chi connectivity index (χ3n) is 4.36. The summed E-state index contributed by atoms with van der Waals surface area (Å²) in [6.07, 6.45) is -0.530. The van der Waals surface area contributed by atoms with Crippen LogP contribution in [0.25, 0.3) is 0 Å². The Morgan fingerprint density at radius 1 is 0.714 bits per heavy atom. The maximum absolute atomic E-state index is 13.1. The molecule has 2 aromatic rings. The molecule has 144 valence electrons. The second-order valence-electron chi connectivity index (χ2n) is 6.21. The van der Waals surface area contributed by atoms with Crippen molar-refractivity contribution in [3.05, 3.63) is 58.7 Å². The van der Waals surface area contributed by atoms with Crippen LogP contribution in [-0.2, 0) is 9.59 Å². The summed E-state index contributed by atoms with van der Waals surface area (Å²) in [4.78, 5) is 47.4. The highest BCUT2D eigenvalue weighted by molar-refractivity contribution is 6.31. The van der Waals surface area contributed by atoms with Crippen LogP contribution in [-0.4, -0.2) is 36.6 Å². The maximum Gasteiger partial charge on any atom is 0.196 e. The van der Waals surface area contributed by atoms with Crippen LogP contribution in [0.5, 0.6) is 0 Å². The molecule has 8 heteroatoms. The number of aliphatic carboxylic acids is 2. The summed E-state index contributed by atoms with van der Waals surface area (Å²) in [5.41, 5.74) is 1.43. The molecule has 1 aliphatic rings. The lowest BCUT2D eigenvalue weighted by Crippen LogP contribution is -2.27. The number of ketones is 2. The molecule has 1 aliphatic carbocycles. The first-order valence-corrected chi connectivity index (χ1v) is 8.63. The number of benzene rings is 2. The van der Waals surface area contributed by atoms with E-state index in [1.165, 1.54) is 0 Å². The molecule has 0 spiro atoms. The van der Waals surface area contributed by atoms with Crippen LogP contribution in [0.3, 0.4) is 0 Å². The molecule has 2 aromatic carbocycles. The second kappa shape index (κ2) is 7.91. The predicted molar refractivity (Wildman–Crippen MR) is 96.0 cm³/mol. The van der Waals surface area contributed by atoms with Gasteiger partial charge in [-0.05, 0) is 12.1 Å². The van der Waals surface area contributed by atoms with Crippen molar-refractivity contribution < 1.29 is 29.4 Å². The molecule has 0 saturated heterocycles. The number of fused-ring (bicyclic) bond motifs is 2. The quantitative estimate of drug-likeness (QED) is 0.537. The number of carboxylic acid groups (broad SMARTS) is 2. The summed E-state index contributed by atoms with van der Waals surface area (Å²) in [7, 11) is 0. The first-order valence-electron chi connectivity index (χ1n) is 8.63. The van der Waals surface area contributed by atoms with Crippen molar-refractivity contribution in [1.29, 1.82) is 0 Å². The number of carboxylic acids is 2. The summed E-state index contributed by atoms with van der Waals surface area (Å²) < 4.78 is 0. The van der Waals surface area contributed by atoms with Crippen molar-refractivity contribution in [2.45, 2.75) is 12.8 Å². The molecule has 0 atom stereocenters. The molecule has 0 aliphatic heterocycles. The van der Waals surface area contributed by atoms with Gasteiger partial charge in [-0.2, -0.15) is 0 Å². The summed E-state index contributed by atoms with van der Waals surface area (Å²) >= 11 is 0. The van der Waals surface area contributed by atoms with Gasteiger partial charge in [0.05, 0.1) is 11.1 Å². The van der Waals surface area contributed by atoms with Gasteiger partial charge in [0.1, 0.15) is 0 Å².